The van der Waals surface area contributed by atoms with Crippen LogP contribution in [0.4, 0.5) is 0 Å². The minimum Gasteiger partial charge on any atom is -0.346 e. The number of aromatic nitrogens is 5. The van der Waals surface area contributed by atoms with E-state index < -0.39 is 0 Å². The van der Waals surface area contributed by atoms with Gasteiger partial charge in [-0.1, -0.05) is 12.1 Å². The summed E-state index contributed by atoms with van der Waals surface area (Å²) in [6, 6.07) is 7.77. The first-order chi connectivity index (χ1) is 11.8. The standard InChI is InChI=1S/C16H20N6OS/c1-24-9-7-14(16-20-12-4-2-3-5-13(12)21-16)19-15(23)6-8-22-11-17-10-18-22/h2-5,10-11,14H,6-9H2,1H3,(H,19,23)(H,20,21)/t14-/m1/s1. The van der Waals surface area contributed by atoms with Gasteiger partial charge in [0, 0.05) is 6.42 Å². The van der Waals surface area contributed by atoms with E-state index in [-0.39, 0.29) is 11.9 Å². The van der Waals surface area contributed by atoms with Crippen molar-refractivity contribution in [1.82, 2.24) is 30.0 Å². The molecule has 126 valence electrons. The molecule has 0 aliphatic carbocycles. The van der Waals surface area contributed by atoms with Crippen LogP contribution in [0.1, 0.15) is 24.7 Å². The number of nitrogens with zero attached hydrogens (tertiary/aromatic N) is 4. The molecule has 0 aliphatic heterocycles. The summed E-state index contributed by atoms with van der Waals surface area (Å²) in [7, 11) is 0. The van der Waals surface area contributed by atoms with Crippen LogP contribution in [0, 0.1) is 0 Å². The van der Waals surface area contributed by atoms with Gasteiger partial charge in [0.05, 0.1) is 23.6 Å². The summed E-state index contributed by atoms with van der Waals surface area (Å²) in [6.07, 6.45) is 6.32. The summed E-state index contributed by atoms with van der Waals surface area (Å²) < 4.78 is 1.65. The van der Waals surface area contributed by atoms with E-state index in [0.29, 0.717) is 13.0 Å². The number of thioether (sulfide) groups is 1. The minimum absolute atomic E-state index is 0.0166. The van der Waals surface area contributed by atoms with Crippen molar-refractivity contribution in [2.75, 3.05) is 12.0 Å². The molecule has 8 heteroatoms. The molecule has 0 aliphatic rings. The Morgan fingerprint density at radius 2 is 2.29 bits per heavy atom. The minimum atomic E-state index is -0.118. The molecular weight excluding hydrogens is 324 g/mol. The molecular formula is C16H20N6OS. The molecule has 0 fully saturated rings. The maximum absolute atomic E-state index is 12.3. The lowest BCUT2D eigenvalue weighted by molar-refractivity contribution is -0.122. The molecule has 0 bridgehead atoms. The number of amides is 1. The fraction of sp³-hybridized carbons (Fsp3) is 0.375. The molecule has 2 aromatic heterocycles. The molecule has 3 aromatic rings. The lowest BCUT2D eigenvalue weighted by Crippen LogP contribution is -2.30. The van der Waals surface area contributed by atoms with Gasteiger partial charge in [0.25, 0.3) is 0 Å². The third-order valence-corrected chi connectivity index (χ3v) is 4.36. The number of rotatable bonds is 8. The number of imidazole rings is 1. The van der Waals surface area contributed by atoms with E-state index in [4.69, 9.17) is 0 Å². The number of hydrogen-bond acceptors (Lipinski definition) is 5. The number of aryl methyl sites for hydroxylation is 1. The number of aromatic amines is 1. The van der Waals surface area contributed by atoms with Crippen LogP contribution in [0.15, 0.2) is 36.9 Å². The van der Waals surface area contributed by atoms with Gasteiger partial charge >= 0.3 is 0 Å². The Morgan fingerprint density at radius 1 is 1.42 bits per heavy atom. The first-order valence-electron chi connectivity index (χ1n) is 7.81. The lowest BCUT2D eigenvalue weighted by Gasteiger charge is -2.16. The van der Waals surface area contributed by atoms with Crippen molar-refractivity contribution in [3.8, 4) is 0 Å². The SMILES string of the molecule is CSCC[C@@H](NC(=O)CCn1cncn1)c1nc2ccccc2[nH]1. The number of para-hydroxylation sites is 2. The zero-order valence-corrected chi connectivity index (χ0v) is 14.3. The zero-order valence-electron chi connectivity index (χ0n) is 13.5. The normalized spacial score (nSPS) is 12.4. The Kier molecular flexibility index (Phi) is 5.47. The molecule has 7 nitrogen and oxygen atoms in total. The molecule has 3 rings (SSSR count). The van der Waals surface area contributed by atoms with Crippen LogP contribution >= 0.6 is 11.8 Å². The molecule has 0 saturated carbocycles. The third-order valence-electron chi connectivity index (χ3n) is 3.72. The van der Waals surface area contributed by atoms with Crippen LogP contribution in [0.3, 0.4) is 0 Å². The largest absolute Gasteiger partial charge is 0.346 e. The van der Waals surface area contributed by atoms with Crippen molar-refractivity contribution in [2.45, 2.75) is 25.4 Å². The van der Waals surface area contributed by atoms with Crippen LogP contribution in [0.25, 0.3) is 11.0 Å². The van der Waals surface area contributed by atoms with E-state index in [2.05, 4.69) is 31.6 Å². The van der Waals surface area contributed by atoms with E-state index in [1.165, 1.54) is 6.33 Å². The number of H-pyrrole nitrogens is 1. The fourth-order valence-electron chi connectivity index (χ4n) is 2.48. The highest BCUT2D eigenvalue weighted by Crippen LogP contribution is 2.20. The van der Waals surface area contributed by atoms with E-state index >= 15 is 0 Å². The second-order valence-electron chi connectivity index (χ2n) is 5.45. The van der Waals surface area contributed by atoms with Gasteiger partial charge in [0.2, 0.25) is 5.91 Å². The fourth-order valence-corrected chi connectivity index (χ4v) is 2.95. The van der Waals surface area contributed by atoms with Gasteiger partial charge in [-0.3, -0.25) is 9.48 Å². The van der Waals surface area contributed by atoms with Crippen molar-refractivity contribution in [3.05, 3.63) is 42.7 Å². The van der Waals surface area contributed by atoms with Crippen LogP contribution in [-0.2, 0) is 11.3 Å². The maximum atomic E-state index is 12.3. The first-order valence-corrected chi connectivity index (χ1v) is 9.21. The van der Waals surface area contributed by atoms with Gasteiger partial charge in [-0.25, -0.2) is 9.97 Å². The van der Waals surface area contributed by atoms with E-state index in [1.54, 1.807) is 22.8 Å². The molecule has 0 radical (unpaired) electrons. The molecule has 0 unspecified atom stereocenters. The topological polar surface area (TPSA) is 88.5 Å². The quantitative estimate of drug-likeness (QED) is 0.654. The average Bonchev–Trinajstić information content (AvgIpc) is 3.25. The number of benzene rings is 1. The highest BCUT2D eigenvalue weighted by Gasteiger charge is 2.18. The van der Waals surface area contributed by atoms with Crippen molar-refractivity contribution >= 4 is 28.7 Å². The number of hydrogen-bond donors (Lipinski definition) is 2. The van der Waals surface area contributed by atoms with Gasteiger partial charge in [-0.05, 0) is 30.6 Å². The summed E-state index contributed by atoms with van der Waals surface area (Å²) in [6.45, 7) is 0.515. The van der Waals surface area contributed by atoms with E-state index in [9.17, 15) is 4.79 Å². The average molecular weight is 344 g/mol. The van der Waals surface area contributed by atoms with E-state index in [0.717, 1.165) is 29.0 Å². The number of carbonyl (C=O) groups is 1. The Morgan fingerprint density at radius 3 is 3.04 bits per heavy atom. The Balaban J connectivity index is 1.67. The van der Waals surface area contributed by atoms with E-state index in [1.807, 2.05) is 24.3 Å². The van der Waals surface area contributed by atoms with Crippen LogP contribution in [0.5, 0.6) is 0 Å². The van der Waals surface area contributed by atoms with Gasteiger partial charge in [-0.2, -0.15) is 16.9 Å². The first kappa shape index (κ1) is 16.5. The predicted molar refractivity (Wildman–Crippen MR) is 94.6 cm³/mol. The van der Waals surface area contributed by atoms with Gasteiger partial charge < -0.3 is 10.3 Å². The van der Waals surface area contributed by atoms with Gasteiger partial charge in [0.1, 0.15) is 18.5 Å². The molecule has 1 amide bonds. The second-order valence-corrected chi connectivity index (χ2v) is 6.43. The summed E-state index contributed by atoms with van der Waals surface area (Å²) in [5.41, 5.74) is 1.90. The Labute approximate surface area is 144 Å². The van der Waals surface area contributed by atoms with Crippen molar-refractivity contribution in [1.29, 1.82) is 0 Å². The molecule has 2 N–H and O–H groups in total. The second kappa shape index (κ2) is 7.96. The third kappa shape index (κ3) is 4.14. The molecule has 0 spiro atoms. The number of carbonyl (C=O) groups excluding carboxylic acids is 1. The maximum Gasteiger partial charge on any atom is 0.222 e. The Hall–Kier alpha value is -2.35. The van der Waals surface area contributed by atoms with Crippen LogP contribution in [-0.4, -0.2) is 42.6 Å². The van der Waals surface area contributed by atoms with Gasteiger partial charge in [-0.15, -0.1) is 0 Å². The van der Waals surface area contributed by atoms with Crippen molar-refractivity contribution in [2.24, 2.45) is 0 Å². The number of fused-ring (bicyclic) bond motifs is 1. The van der Waals surface area contributed by atoms with Gasteiger partial charge in [0.15, 0.2) is 0 Å². The molecule has 1 atom stereocenters. The molecule has 0 saturated heterocycles. The lowest BCUT2D eigenvalue weighted by atomic mass is 10.2. The number of nitrogens with one attached hydrogen (secondary N) is 2. The predicted octanol–water partition coefficient (Wildman–Crippen LogP) is 2.16. The summed E-state index contributed by atoms with van der Waals surface area (Å²) in [4.78, 5) is 24.1. The monoisotopic (exact) mass is 344 g/mol. The highest BCUT2D eigenvalue weighted by atomic mass is 32.2. The molecule has 1 aromatic carbocycles. The molecule has 24 heavy (non-hydrogen) atoms. The Bertz CT molecular complexity index is 752. The smallest absolute Gasteiger partial charge is 0.222 e. The van der Waals surface area contributed by atoms with Crippen molar-refractivity contribution in [3.63, 3.8) is 0 Å². The van der Waals surface area contributed by atoms with Crippen molar-refractivity contribution < 1.29 is 4.79 Å². The summed E-state index contributed by atoms with van der Waals surface area (Å²) in [5.74, 6) is 1.74. The summed E-state index contributed by atoms with van der Waals surface area (Å²) in [5, 5.41) is 7.09. The zero-order chi connectivity index (χ0) is 16.8. The highest BCUT2D eigenvalue weighted by molar-refractivity contribution is 7.98. The molecule has 2 heterocycles. The summed E-state index contributed by atoms with van der Waals surface area (Å²) >= 11 is 1.75. The van der Waals surface area contributed by atoms with Crippen LogP contribution in [0.2, 0.25) is 0 Å². The van der Waals surface area contributed by atoms with Crippen LogP contribution < -0.4 is 5.32 Å².